The molecule has 21 heavy (non-hydrogen) atoms. The molecule has 1 saturated heterocycles. The monoisotopic (exact) mass is 315 g/mol. The molecule has 7 nitrogen and oxygen atoms in total. The summed E-state index contributed by atoms with van der Waals surface area (Å²) < 4.78 is 31.9. The van der Waals surface area contributed by atoms with Crippen LogP contribution in [-0.2, 0) is 10.2 Å². The molecule has 1 aliphatic heterocycles. The van der Waals surface area contributed by atoms with E-state index in [0.717, 1.165) is 12.8 Å². The molecule has 1 fully saturated rings. The van der Waals surface area contributed by atoms with E-state index in [0.29, 0.717) is 19.6 Å². The van der Waals surface area contributed by atoms with E-state index in [9.17, 15) is 13.2 Å². The lowest BCUT2D eigenvalue weighted by Gasteiger charge is -2.33. The van der Waals surface area contributed by atoms with E-state index in [-0.39, 0.29) is 17.6 Å². The smallest absolute Gasteiger partial charge is 0.286 e. The topological polar surface area (TPSA) is 82.9 Å². The second-order valence-corrected chi connectivity index (χ2v) is 7.49. The van der Waals surface area contributed by atoms with Crippen molar-refractivity contribution in [3.05, 3.63) is 24.2 Å². The fraction of sp³-hybridized carbons (Fsp3) is 0.615. The molecule has 0 saturated carbocycles. The number of nitrogens with one attached hydrogen (secondary N) is 1. The number of nitrogens with zero attached hydrogens (tertiary/aromatic N) is 2. The van der Waals surface area contributed by atoms with Crippen molar-refractivity contribution in [1.82, 2.24) is 13.9 Å². The average molecular weight is 315 g/mol. The summed E-state index contributed by atoms with van der Waals surface area (Å²) in [5.41, 5.74) is 0. The molecule has 2 heterocycles. The predicted octanol–water partition coefficient (Wildman–Crippen LogP) is 0.528. The molecule has 0 unspecified atom stereocenters. The molecular weight excluding hydrogens is 294 g/mol. The molecule has 118 valence electrons. The molecule has 1 aromatic rings. The van der Waals surface area contributed by atoms with Crippen LogP contribution in [0.15, 0.2) is 22.8 Å². The molecule has 0 bridgehead atoms. The molecule has 0 radical (unpaired) electrons. The van der Waals surface area contributed by atoms with Crippen molar-refractivity contribution in [2.24, 2.45) is 5.92 Å². The maximum Gasteiger partial charge on any atom is 0.286 e. The molecular formula is C13H21N3O4S. The Morgan fingerprint density at radius 1 is 1.52 bits per heavy atom. The number of piperidine rings is 1. The Morgan fingerprint density at radius 2 is 2.29 bits per heavy atom. The quantitative estimate of drug-likeness (QED) is 0.859. The van der Waals surface area contributed by atoms with Crippen molar-refractivity contribution in [2.45, 2.75) is 12.8 Å². The lowest BCUT2D eigenvalue weighted by atomic mass is 10.00. The normalized spacial score (nSPS) is 20.6. The first-order chi connectivity index (χ1) is 9.91. The van der Waals surface area contributed by atoms with E-state index < -0.39 is 10.2 Å². The van der Waals surface area contributed by atoms with E-state index in [1.165, 1.54) is 29.0 Å². The van der Waals surface area contributed by atoms with Gasteiger partial charge in [0.1, 0.15) is 0 Å². The summed E-state index contributed by atoms with van der Waals surface area (Å²) in [4.78, 5) is 11.8. The minimum Gasteiger partial charge on any atom is -0.459 e. The highest BCUT2D eigenvalue weighted by Gasteiger charge is 2.30. The van der Waals surface area contributed by atoms with Gasteiger partial charge in [-0.25, -0.2) is 0 Å². The van der Waals surface area contributed by atoms with E-state index in [2.05, 4.69) is 5.32 Å². The molecule has 0 spiro atoms. The molecule has 8 heteroatoms. The van der Waals surface area contributed by atoms with E-state index in [1.54, 1.807) is 12.1 Å². The Kier molecular flexibility index (Phi) is 5.02. The van der Waals surface area contributed by atoms with Gasteiger partial charge in [-0.1, -0.05) is 0 Å². The van der Waals surface area contributed by atoms with Gasteiger partial charge in [0.15, 0.2) is 5.76 Å². The van der Waals surface area contributed by atoms with Crippen LogP contribution in [-0.4, -0.2) is 56.7 Å². The van der Waals surface area contributed by atoms with Gasteiger partial charge >= 0.3 is 0 Å². The van der Waals surface area contributed by atoms with Crippen molar-refractivity contribution in [3.63, 3.8) is 0 Å². The van der Waals surface area contributed by atoms with Gasteiger partial charge in [-0.3, -0.25) is 4.79 Å². The number of carbonyl (C=O) groups excluding carboxylic acids is 1. The third-order valence-corrected chi connectivity index (χ3v) is 5.47. The third-order valence-electron chi connectivity index (χ3n) is 3.57. The van der Waals surface area contributed by atoms with E-state index >= 15 is 0 Å². The zero-order valence-electron chi connectivity index (χ0n) is 12.3. The molecule has 1 N–H and O–H groups in total. The fourth-order valence-electron chi connectivity index (χ4n) is 2.37. The van der Waals surface area contributed by atoms with Crippen molar-refractivity contribution < 1.29 is 17.6 Å². The largest absolute Gasteiger partial charge is 0.459 e. The second-order valence-electron chi connectivity index (χ2n) is 5.34. The highest BCUT2D eigenvalue weighted by molar-refractivity contribution is 7.86. The molecule has 1 amide bonds. The molecule has 1 aromatic heterocycles. The maximum atomic E-state index is 12.1. The van der Waals surface area contributed by atoms with Crippen molar-refractivity contribution >= 4 is 16.1 Å². The summed E-state index contributed by atoms with van der Waals surface area (Å²) in [7, 11) is -0.328. The van der Waals surface area contributed by atoms with Crippen LogP contribution in [0.3, 0.4) is 0 Å². The summed E-state index contributed by atoms with van der Waals surface area (Å²) in [6.07, 6.45) is 3.15. The van der Waals surface area contributed by atoms with E-state index in [1.807, 2.05) is 0 Å². The minimum atomic E-state index is -3.38. The number of carbonyl (C=O) groups is 1. The van der Waals surface area contributed by atoms with Crippen LogP contribution in [0.1, 0.15) is 23.4 Å². The zero-order chi connectivity index (χ0) is 15.5. The molecule has 1 atom stereocenters. The van der Waals surface area contributed by atoms with Gasteiger partial charge in [0.25, 0.3) is 16.1 Å². The van der Waals surface area contributed by atoms with Crippen LogP contribution in [0.2, 0.25) is 0 Å². The van der Waals surface area contributed by atoms with Crippen molar-refractivity contribution in [1.29, 1.82) is 0 Å². The van der Waals surface area contributed by atoms with Gasteiger partial charge < -0.3 is 9.73 Å². The number of rotatable bonds is 5. The average Bonchev–Trinajstić information content (AvgIpc) is 2.99. The molecule has 0 aromatic carbocycles. The van der Waals surface area contributed by atoms with Crippen LogP contribution < -0.4 is 5.32 Å². The Balaban J connectivity index is 1.89. The maximum absolute atomic E-state index is 12.1. The first-order valence-corrected chi connectivity index (χ1v) is 8.30. The summed E-state index contributed by atoms with van der Waals surface area (Å²) in [6, 6.07) is 3.25. The van der Waals surface area contributed by atoms with Crippen LogP contribution in [0.4, 0.5) is 0 Å². The van der Waals surface area contributed by atoms with Crippen LogP contribution >= 0.6 is 0 Å². The Bertz CT molecular complexity index is 568. The van der Waals surface area contributed by atoms with Crippen molar-refractivity contribution in [2.75, 3.05) is 33.7 Å². The second kappa shape index (κ2) is 6.59. The number of hydrogen-bond acceptors (Lipinski definition) is 4. The molecule has 0 aliphatic carbocycles. The van der Waals surface area contributed by atoms with Gasteiger partial charge in [0.05, 0.1) is 6.26 Å². The zero-order valence-corrected chi connectivity index (χ0v) is 13.1. The predicted molar refractivity (Wildman–Crippen MR) is 77.9 cm³/mol. The number of furan rings is 1. The summed E-state index contributed by atoms with van der Waals surface area (Å²) in [6.45, 7) is 1.40. The molecule has 2 rings (SSSR count). The van der Waals surface area contributed by atoms with Crippen molar-refractivity contribution in [3.8, 4) is 0 Å². The Morgan fingerprint density at radius 3 is 2.90 bits per heavy atom. The number of amides is 1. The lowest BCUT2D eigenvalue weighted by molar-refractivity contribution is 0.0913. The molecule has 1 aliphatic rings. The third kappa shape index (κ3) is 3.84. The van der Waals surface area contributed by atoms with Crippen LogP contribution in [0, 0.1) is 5.92 Å². The van der Waals surface area contributed by atoms with Gasteiger partial charge in [-0.05, 0) is 30.9 Å². The fourth-order valence-corrected chi connectivity index (χ4v) is 3.59. The Labute approximate surface area is 125 Å². The first kappa shape index (κ1) is 16.0. The summed E-state index contributed by atoms with van der Waals surface area (Å²) in [5, 5.41) is 2.79. The standard InChI is InChI=1S/C13H21N3O4S/c1-15(2)21(18,19)16-7-3-5-11(10-16)9-14-13(17)12-6-4-8-20-12/h4,6,8,11H,3,5,7,9-10H2,1-2H3,(H,14,17)/t11-/m1/s1. The summed E-state index contributed by atoms with van der Waals surface area (Å²) in [5.74, 6) is 0.114. The van der Waals surface area contributed by atoms with Gasteiger partial charge in [-0.15, -0.1) is 0 Å². The van der Waals surface area contributed by atoms with Gasteiger partial charge in [-0.2, -0.15) is 17.0 Å². The van der Waals surface area contributed by atoms with Gasteiger partial charge in [0.2, 0.25) is 0 Å². The summed E-state index contributed by atoms with van der Waals surface area (Å²) >= 11 is 0. The Hall–Kier alpha value is -1.38. The van der Waals surface area contributed by atoms with Crippen LogP contribution in [0.5, 0.6) is 0 Å². The first-order valence-electron chi connectivity index (χ1n) is 6.90. The highest BCUT2D eigenvalue weighted by Crippen LogP contribution is 2.19. The lowest BCUT2D eigenvalue weighted by Crippen LogP contribution is -2.47. The van der Waals surface area contributed by atoms with E-state index in [4.69, 9.17) is 4.42 Å². The highest BCUT2D eigenvalue weighted by atomic mass is 32.2. The SMILES string of the molecule is CN(C)S(=O)(=O)N1CCC[C@H](CNC(=O)c2ccco2)C1. The minimum absolute atomic E-state index is 0.118. The number of hydrogen-bond donors (Lipinski definition) is 1. The van der Waals surface area contributed by atoms with Crippen LogP contribution in [0.25, 0.3) is 0 Å². The van der Waals surface area contributed by atoms with Gasteiger partial charge in [0, 0.05) is 33.7 Å².